The molecule has 0 aliphatic carbocycles. The monoisotopic (exact) mass is 359 g/mol. The van der Waals surface area contributed by atoms with Crippen LogP contribution in [0.2, 0.25) is 0 Å². The fourth-order valence-electron chi connectivity index (χ4n) is 4.67. The summed E-state index contributed by atoms with van der Waals surface area (Å²) in [6.45, 7) is 4.48. The summed E-state index contributed by atoms with van der Waals surface area (Å²) in [7, 11) is 0. The Morgan fingerprint density at radius 3 is 2.00 bits per heavy atom. The molecule has 0 aliphatic rings. The minimum atomic E-state index is 0.561. The lowest BCUT2D eigenvalue weighted by atomic mass is 9.97. The summed E-state index contributed by atoms with van der Waals surface area (Å²) in [5, 5.41) is 5.34. The number of para-hydroxylation sites is 2. The molecule has 6 aromatic rings. The fourth-order valence-corrected chi connectivity index (χ4v) is 4.67. The normalized spacial score (nSPS) is 12.2. The van der Waals surface area contributed by atoms with Gasteiger partial charge in [-0.25, -0.2) is 0 Å². The predicted octanol–water partition coefficient (Wildman–Crippen LogP) is 7.63. The highest BCUT2D eigenvalue weighted by Crippen LogP contribution is 2.40. The highest BCUT2D eigenvalue weighted by atomic mass is 14.9. The maximum absolute atomic E-state index is 2.43. The van der Waals surface area contributed by atoms with Gasteiger partial charge >= 0.3 is 0 Å². The number of hydrogen-bond acceptors (Lipinski definition) is 0. The first-order valence-corrected chi connectivity index (χ1v) is 9.99. The lowest BCUT2D eigenvalue weighted by molar-refractivity contribution is 0.867. The number of rotatable bonds is 2. The van der Waals surface area contributed by atoms with Gasteiger partial charge in [0.2, 0.25) is 0 Å². The zero-order valence-electron chi connectivity index (χ0n) is 16.1. The molecule has 0 aliphatic heterocycles. The molecule has 0 radical (unpaired) electrons. The summed E-state index contributed by atoms with van der Waals surface area (Å²) in [5.41, 5.74) is 7.86. The molecule has 28 heavy (non-hydrogen) atoms. The van der Waals surface area contributed by atoms with Crippen LogP contribution < -0.4 is 0 Å². The van der Waals surface area contributed by atoms with E-state index in [0.717, 1.165) is 0 Å². The number of nitrogens with zero attached hydrogens (tertiary/aromatic N) is 1. The molecule has 0 atom stereocenters. The van der Waals surface area contributed by atoms with Gasteiger partial charge in [-0.2, -0.15) is 0 Å². The van der Waals surface area contributed by atoms with Crippen LogP contribution in [0.25, 0.3) is 49.2 Å². The molecule has 4 aromatic carbocycles. The molecule has 0 fully saturated rings. The van der Waals surface area contributed by atoms with Crippen LogP contribution >= 0.6 is 0 Å². The van der Waals surface area contributed by atoms with E-state index in [1.54, 1.807) is 0 Å². The summed E-state index contributed by atoms with van der Waals surface area (Å²) in [6.07, 6.45) is 0. The van der Waals surface area contributed by atoms with Crippen LogP contribution in [0, 0.1) is 0 Å². The Bertz CT molecular complexity index is 1470. The van der Waals surface area contributed by atoms with E-state index in [2.05, 4.69) is 103 Å². The molecule has 134 valence electrons. The van der Waals surface area contributed by atoms with Crippen LogP contribution in [-0.4, -0.2) is 4.40 Å². The molecule has 0 saturated carbocycles. The number of fused-ring (bicyclic) bond motifs is 6. The summed E-state index contributed by atoms with van der Waals surface area (Å²) in [5.74, 6) is 0.561. The SMILES string of the molecule is CC(C)c1ccc(-c2ccc3c(c2)c2cccc4c5ccccc5n3c42)cc1. The van der Waals surface area contributed by atoms with Gasteiger partial charge in [0.25, 0.3) is 0 Å². The Kier molecular flexibility index (Phi) is 3.14. The van der Waals surface area contributed by atoms with Crippen molar-refractivity contribution in [2.75, 3.05) is 0 Å². The number of benzene rings is 4. The number of aromatic nitrogens is 1. The molecule has 0 amide bonds. The van der Waals surface area contributed by atoms with Crippen molar-refractivity contribution in [2.45, 2.75) is 19.8 Å². The Morgan fingerprint density at radius 2 is 1.21 bits per heavy atom. The van der Waals surface area contributed by atoms with Gasteiger partial charge in [-0.3, -0.25) is 0 Å². The first-order chi connectivity index (χ1) is 13.7. The smallest absolute Gasteiger partial charge is 0.0620 e. The van der Waals surface area contributed by atoms with Crippen molar-refractivity contribution < 1.29 is 0 Å². The van der Waals surface area contributed by atoms with Gasteiger partial charge in [0.1, 0.15) is 0 Å². The first-order valence-electron chi connectivity index (χ1n) is 9.99. The highest BCUT2D eigenvalue weighted by Gasteiger charge is 2.17. The van der Waals surface area contributed by atoms with E-state index in [4.69, 9.17) is 0 Å². The first kappa shape index (κ1) is 15.7. The van der Waals surface area contributed by atoms with Crippen molar-refractivity contribution in [2.24, 2.45) is 0 Å². The average molecular weight is 359 g/mol. The lowest BCUT2D eigenvalue weighted by Gasteiger charge is -2.08. The van der Waals surface area contributed by atoms with E-state index in [9.17, 15) is 0 Å². The molecule has 1 heteroatoms. The minimum Gasteiger partial charge on any atom is -0.308 e. The third-order valence-corrected chi connectivity index (χ3v) is 6.13. The minimum absolute atomic E-state index is 0.561. The van der Waals surface area contributed by atoms with Gasteiger partial charge in [-0.1, -0.05) is 80.6 Å². The summed E-state index contributed by atoms with van der Waals surface area (Å²) in [6, 6.07) is 31.3. The van der Waals surface area contributed by atoms with Crippen molar-refractivity contribution in [1.29, 1.82) is 0 Å². The van der Waals surface area contributed by atoms with E-state index >= 15 is 0 Å². The molecule has 1 nitrogen and oxygen atoms in total. The third kappa shape index (κ3) is 2.02. The van der Waals surface area contributed by atoms with Gasteiger partial charge in [-0.05, 0) is 40.8 Å². The molecule has 0 saturated heterocycles. The molecule has 6 rings (SSSR count). The molecule has 0 N–H and O–H groups in total. The van der Waals surface area contributed by atoms with Gasteiger partial charge in [0.05, 0.1) is 16.6 Å². The van der Waals surface area contributed by atoms with Gasteiger partial charge in [0, 0.05) is 21.5 Å². The van der Waals surface area contributed by atoms with Crippen LogP contribution in [0.4, 0.5) is 0 Å². The summed E-state index contributed by atoms with van der Waals surface area (Å²) < 4.78 is 2.43. The summed E-state index contributed by atoms with van der Waals surface area (Å²) in [4.78, 5) is 0. The highest BCUT2D eigenvalue weighted by molar-refractivity contribution is 6.23. The Morgan fingerprint density at radius 1 is 0.571 bits per heavy atom. The second-order valence-corrected chi connectivity index (χ2v) is 8.06. The molecule has 0 bridgehead atoms. The second kappa shape index (κ2) is 5.59. The van der Waals surface area contributed by atoms with Gasteiger partial charge in [-0.15, -0.1) is 0 Å². The van der Waals surface area contributed by atoms with E-state index < -0.39 is 0 Å². The number of hydrogen-bond donors (Lipinski definition) is 0. The van der Waals surface area contributed by atoms with Crippen LogP contribution in [0.15, 0.2) is 84.9 Å². The topological polar surface area (TPSA) is 4.41 Å². The maximum atomic E-state index is 2.43. The Balaban J connectivity index is 1.66. The van der Waals surface area contributed by atoms with Crippen molar-refractivity contribution >= 4 is 38.1 Å². The maximum Gasteiger partial charge on any atom is 0.0620 e. The zero-order chi connectivity index (χ0) is 18.8. The molecular formula is C27H21N. The van der Waals surface area contributed by atoms with Crippen molar-refractivity contribution in [3.63, 3.8) is 0 Å². The second-order valence-electron chi connectivity index (χ2n) is 8.06. The molecule has 0 unspecified atom stereocenters. The van der Waals surface area contributed by atoms with Crippen LogP contribution in [0.3, 0.4) is 0 Å². The Labute approximate surface area is 164 Å². The fraction of sp³-hybridized carbons (Fsp3) is 0.111. The average Bonchev–Trinajstić information content (AvgIpc) is 3.25. The van der Waals surface area contributed by atoms with Crippen molar-refractivity contribution in [3.05, 3.63) is 90.5 Å². The predicted molar refractivity (Wildman–Crippen MR) is 121 cm³/mol. The van der Waals surface area contributed by atoms with Crippen molar-refractivity contribution in [1.82, 2.24) is 4.40 Å². The largest absolute Gasteiger partial charge is 0.308 e. The molecular weight excluding hydrogens is 338 g/mol. The zero-order valence-corrected chi connectivity index (χ0v) is 16.1. The molecule has 2 heterocycles. The third-order valence-electron chi connectivity index (χ3n) is 6.13. The van der Waals surface area contributed by atoms with E-state index in [0.29, 0.717) is 5.92 Å². The van der Waals surface area contributed by atoms with Crippen LogP contribution in [0.5, 0.6) is 0 Å². The molecule has 2 aromatic heterocycles. The lowest BCUT2D eigenvalue weighted by Crippen LogP contribution is -1.87. The molecule has 0 spiro atoms. The standard InChI is InChI=1S/C27H21N/c1-17(2)18-10-12-19(13-11-18)20-14-15-26-24(16-20)23-8-5-7-22-21-6-3-4-9-25(21)28(26)27(22)23/h3-17H,1-2H3. The van der Waals surface area contributed by atoms with Gasteiger partial charge < -0.3 is 4.40 Å². The van der Waals surface area contributed by atoms with Gasteiger partial charge in [0.15, 0.2) is 0 Å². The van der Waals surface area contributed by atoms with E-state index in [-0.39, 0.29) is 0 Å². The summed E-state index contributed by atoms with van der Waals surface area (Å²) >= 11 is 0. The van der Waals surface area contributed by atoms with Crippen LogP contribution in [0.1, 0.15) is 25.3 Å². The van der Waals surface area contributed by atoms with Crippen LogP contribution in [-0.2, 0) is 0 Å². The van der Waals surface area contributed by atoms with E-state index in [1.165, 1.54) is 54.8 Å². The quantitative estimate of drug-likeness (QED) is 0.299. The van der Waals surface area contributed by atoms with Crippen molar-refractivity contribution in [3.8, 4) is 11.1 Å². The Hall–Kier alpha value is -3.32. The van der Waals surface area contributed by atoms with E-state index in [1.807, 2.05) is 0 Å².